The molecule has 0 spiro atoms. The number of aliphatic carboxylic acids is 1. The van der Waals surface area contributed by atoms with Gasteiger partial charge in [0.15, 0.2) is 0 Å². The quantitative estimate of drug-likeness (QED) is 0.354. The number of thioether (sulfide) groups is 1. The Bertz CT molecular complexity index is 1330. The van der Waals surface area contributed by atoms with Gasteiger partial charge in [-0.15, -0.1) is 11.6 Å². The van der Waals surface area contributed by atoms with Crippen LogP contribution in [-0.4, -0.2) is 92.5 Å². The van der Waals surface area contributed by atoms with Crippen molar-refractivity contribution in [3.8, 4) is 0 Å². The standard InChI is InChI=1S/C33H48ClF3N4O4S/c1-17-10-24(30-29(38-17)26(16-46-30)32(43)44)23-13-21(34)4-7-28(23)45-9-8-41-18(2)39-27-6-5-22(14-25(27)31(41)42)40(3)15-19-11-20(12-19)33(35,36)37/h17,19-24,26,28-30,38H,4-16H2,1-3H3,(H,43,44)/t17?,19?,20?,21?,22-,23?,24?,26?,28?,29?,30?/m0/s1. The van der Waals surface area contributed by atoms with E-state index in [-0.39, 0.29) is 71.0 Å². The van der Waals surface area contributed by atoms with Gasteiger partial charge in [0.25, 0.3) is 5.56 Å². The molecule has 3 aliphatic carbocycles. The van der Waals surface area contributed by atoms with Crippen LogP contribution in [0.5, 0.6) is 0 Å². The zero-order valence-corrected chi connectivity index (χ0v) is 28.5. The van der Waals surface area contributed by atoms with Gasteiger partial charge in [-0.3, -0.25) is 14.2 Å². The van der Waals surface area contributed by atoms with E-state index in [1.54, 1.807) is 16.3 Å². The zero-order chi connectivity index (χ0) is 32.9. The summed E-state index contributed by atoms with van der Waals surface area (Å²) in [5, 5.41) is 13.7. The lowest BCUT2D eigenvalue weighted by atomic mass is 9.70. The van der Waals surface area contributed by atoms with Crippen LogP contribution in [-0.2, 0) is 28.9 Å². The fourth-order valence-corrected chi connectivity index (χ4v) is 11.2. The Morgan fingerprint density at radius 1 is 1.20 bits per heavy atom. The van der Waals surface area contributed by atoms with Gasteiger partial charge in [-0.1, -0.05) is 0 Å². The van der Waals surface area contributed by atoms with E-state index in [2.05, 4.69) is 17.1 Å². The first-order chi connectivity index (χ1) is 21.8. The predicted octanol–water partition coefficient (Wildman–Crippen LogP) is 4.90. The third-order valence-corrected chi connectivity index (χ3v) is 13.6. The number of piperidine rings is 1. The van der Waals surface area contributed by atoms with E-state index in [9.17, 15) is 27.9 Å². The molecule has 6 rings (SSSR count). The highest BCUT2D eigenvalue weighted by Crippen LogP contribution is 2.49. The Kier molecular flexibility index (Phi) is 10.4. The number of carbonyl (C=O) groups is 1. The molecule has 0 radical (unpaired) electrons. The molecule has 3 heterocycles. The molecule has 2 saturated carbocycles. The maximum Gasteiger partial charge on any atom is 0.391 e. The zero-order valence-electron chi connectivity index (χ0n) is 27.0. The number of rotatable bonds is 9. The third-order valence-electron chi connectivity index (χ3n) is 11.6. The minimum absolute atomic E-state index is 0.00139. The van der Waals surface area contributed by atoms with Crippen LogP contribution in [0, 0.1) is 36.5 Å². The van der Waals surface area contributed by atoms with Crippen molar-refractivity contribution in [1.82, 2.24) is 19.8 Å². The van der Waals surface area contributed by atoms with Crippen LogP contribution in [0.4, 0.5) is 13.2 Å². The number of hydrogen-bond donors (Lipinski definition) is 2. The lowest BCUT2D eigenvalue weighted by molar-refractivity contribution is -0.205. The highest BCUT2D eigenvalue weighted by molar-refractivity contribution is 8.00. The van der Waals surface area contributed by atoms with E-state index in [0.717, 1.165) is 43.4 Å². The van der Waals surface area contributed by atoms with Gasteiger partial charge in [0.05, 0.1) is 36.8 Å². The summed E-state index contributed by atoms with van der Waals surface area (Å²) >= 11 is 8.49. The average molecular weight is 689 g/mol. The summed E-state index contributed by atoms with van der Waals surface area (Å²) in [4.78, 5) is 32.7. The molecule has 0 bridgehead atoms. The number of ether oxygens (including phenoxy) is 1. The Labute approximate surface area is 278 Å². The Morgan fingerprint density at radius 2 is 1.96 bits per heavy atom. The first-order valence-electron chi connectivity index (χ1n) is 17.0. The molecule has 5 aliphatic rings. The average Bonchev–Trinajstić information content (AvgIpc) is 3.40. The number of carboxylic acid groups (broad SMARTS) is 1. The van der Waals surface area contributed by atoms with Gasteiger partial charge in [-0.05, 0) is 96.4 Å². The Hall–Kier alpha value is -1.34. The van der Waals surface area contributed by atoms with E-state index in [1.165, 1.54) is 0 Å². The lowest BCUT2D eigenvalue weighted by Gasteiger charge is -2.47. The second kappa shape index (κ2) is 13.9. The van der Waals surface area contributed by atoms with Crippen molar-refractivity contribution in [3.63, 3.8) is 0 Å². The monoisotopic (exact) mass is 688 g/mol. The number of halogens is 4. The molecular weight excluding hydrogens is 641 g/mol. The summed E-state index contributed by atoms with van der Waals surface area (Å²) in [6, 6.07) is 0.277. The van der Waals surface area contributed by atoms with Gasteiger partial charge in [0.1, 0.15) is 5.82 Å². The number of carboxylic acids is 1. The molecule has 1 aromatic heterocycles. The van der Waals surface area contributed by atoms with Crippen molar-refractivity contribution in [2.75, 3.05) is 26.0 Å². The summed E-state index contributed by atoms with van der Waals surface area (Å²) in [6.45, 7) is 5.39. The largest absolute Gasteiger partial charge is 0.481 e. The van der Waals surface area contributed by atoms with E-state index in [4.69, 9.17) is 21.3 Å². The van der Waals surface area contributed by atoms with Gasteiger partial charge < -0.3 is 20.1 Å². The normalized spacial score (nSPS) is 37.9. The van der Waals surface area contributed by atoms with Gasteiger partial charge in [0, 0.05) is 46.6 Å². The van der Waals surface area contributed by atoms with Gasteiger partial charge in [0.2, 0.25) is 0 Å². The maximum atomic E-state index is 13.8. The minimum atomic E-state index is -4.10. The second-order valence-electron chi connectivity index (χ2n) is 14.7. The molecular formula is C33H48ClF3N4O4S. The summed E-state index contributed by atoms with van der Waals surface area (Å²) < 4.78 is 47.2. The molecule has 1 aromatic rings. The number of likely N-dealkylation sites (N-methyl/N-ethyl adjacent to an activating group) is 1. The second-order valence-corrected chi connectivity index (χ2v) is 16.5. The first kappa shape index (κ1) is 34.5. The summed E-state index contributed by atoms with van der Waals surface area (Å²) in [6.07, 6.45) is 1.88. The number of hydrogen-bond acceptors (Lipinski definition) is 7. The topological polar surface area (TPSA) is 96.7 Å². The summed E-state index contributed by atoms with van der Waals surface area (Å²) in [7, 11) is 1.97. The minimum Gasteiger partial charge on any atom is -0.481 e. The van der Waals surface area contributed by atoms with Crippen LogP contribution in [0.25, 0.3) is 0 Å². The molecule has 4 fully saturated rings. The van der Waals surface area contributed by atoms with Crippen LogP contribution in [0.2, 0.25) is 0 Å². The Morgan fingerprint density at radius 3 is 2.67 bits per heavy atom. The number of alkyl halides is 4. The molecule has 258 valence electrons. The van der Waals surface area contributed by atoms with Crippen molar-refractivity contribution in [3.05, 3.63) is 27.4 Å². The summed E-state index contributed by atoms with van der Waals surface area (Å²) in [5.74, 6) is -0.424. The molecule has 9 atom stereocenters. The van der Waals surface area contributed by atoms with Crippen molar-refractivity contribution in [1.29, 1.82) is 0 Å². The summed E-state index contributed by atoms with van der Waals surface area (Å²) in [5.41, 5.74) is 1.52. The molecule has 2 aliphatic heterocycles. The first-order valence-corrected chi connectivity index (χ1v) is 18.5. The number of aryl methyl sites for hydroxylation is 2. The van der Waals surface area contributed by atoms with Crippen LogP contribution < -0.4 is 10.9 Å². The van der Waals surface area contributed by atoms with Crippen LogP contribution in [0.3, 0.4) is 0 Å². The molecule has 2 saturated heterocycles. The van der Waals surface area contributed by atoms with Gasteiger partial charge >= 0.3 is 12.1 Å². The van der Waals surface area contributed by atoms with Crippen molar-refractivity contribution >= 4 is 29.3 Å². The fourth-order valence-electron chi connectivity index (χ4n) is 9.07. The van der Waals surface area contributed by atoms with Gasteiger partial charge in [-0.25, -0.2) is 4.98 Å². The molecule has 46 heavy (non-hydrogen) atoms. The maximum absolute atomic E-state index is 13.8. The van der Waals surface area contributed by atoms with Crippen molar-refractivity contribution in [2.24, 2.45) is 29.6 Å². The molecule has 8 nitrogen and oxygen atoms in total. The van der Waals surface area contributed by atoms with Crippen molar-refractivity contribution in [2.45, 2.75) is 119 Å². The highest BCUT2D eigenvalue weighted by atomic mass is 35.5. The third kappa shape index (κ3) is 7.16. The number of fused-ring (bicyclic) bond motifs is 2. The molecule has 8 unspecified atom stereocenters. The van der Waals surface area contributed by atoms with Crippen LogP contribution in [0.1, 0.15) is 69.0 Å². The Balaban J connectivity index is 1.09. The number of aromatic nitrogens is 2. The van der Waals surface area contributed by atoms with E-state index in [1.807, 2.05) is 14.0 Å². The fraction of sp³-hybridized carbons (Fsp3) is 0.848. The molecule has 0 amide bonds. The van der Waals surface area contributed by atoms with E-state index < -0.39 is 18.1 Å². The van der Waals surface area contributed by atoms with E-state index >= 15 is 0 Å². The molecule has 13 heteroatoms. The van der Waals surface area contributed by atoms with Crippen LogP contribution >= 0.6 is 23.4 Å². The van der Waals surface area contributed by atoms with E-state index in [0.29, 0.717) is 50.0 Å². The highest BCUT2D eigenvalue weighted by Gasteiger charge is 2.52. The molecule has 0 aromatic carbocycles. The van der Waals surface area contributed by atoms with Crippen molar-refractivity contribution < 1.29 is 27.8 Å². The predicted molar refractivity (Wildman–Crippen MR) is 173 cm³/mol. The smallest absolute Gasteiger partial charge is 0.391 e. The van der Waals surface area contributed by atoms with Crippen LogP contribution in [0.15, 0.2) is 4.79 Å². The van der Waals surface area contributed by atoms with Gasteiger partial charge in [-0.2, -0.15) is 24.9 Å². The molecule has 2 N–H and O–H groups in total. The number of nitrogens with one attached hydrogen (secondary N) is 1. The lowest BCUT2D eigenvalue weighted by Crippen LogP contribution is -2.57. The SMILES string of the molecule is Cc1nc2c(c(=O)n1CCOC1CCC(Cl)CC1C1CC(C)NC3C(C(=O)O)CSC13)C[C@@H](N(C)CC1CC(C(F)(F)F)C1)CC2. The number of nitrogens with zero attached hydrogens (tertiary/aromatic N) is 3.